The van der Waals surface area contributed by atoms with Gasteiger partial charge in [0, 0.05) is 15.4 Å². The maximum Gasteiger partial charge on any atom is 0.0860 e. The molecule has 0 spiro atoms. The van der Waals surface area contributed by atoms with Crippen molar-refractivity contribution in [3.8, 4) is 0 Å². The first-order chi connectivity index (χ1) is 8.62. The van der Waals surface area contributed by atoms with E-state index in [1.807, 2.05) is 32.0 Å². The van der Waals surface area contributed by atoms with E-state index in [9.17, 15) is 5.11 Å². The number of ether oxygens (including phenoxy) is 1. The summed E-state index contributed by atoms with van der Waals surface area (Å²) in [7, 11) is 0. The third-order valence-corrected chi connectivity index (χ3v) is 4.63. The first kappa shape index (κ1) is 15.3. The van der Waals surface area contributed by atoms with Crippen molar-refractivity contribution < 1.29 is 9.84 Å². The van der Waals surface area contributed by atoms with E-state index < -0.39 is 6.10 Å². The molecule has 4 heteroatoms. The molecule has 1 aromatic carbocycles. The van der Waals surface area contributed by atoms with Gasteiger partial charge in [-0.2, -0.15) is 0 Å². The fourth-order valence-electron chi connectivity index (χ4n) is 3.05. The SMILES string of the molecule is CC1(C)CC(C(O)c2ccc(Br)cc2Cl)C(C)(C)O1. The van der Waals surface area contributed by atoms with E-state index in [0.29, 0.717) is 5.02 Å². The molecule has 0 aliphatic carbocycles. The standard InChI is InChI=1S/C15H20BrClO2/c1-14(2)8-11(15(3,4)19-14)13(18)10-6-5-9(16)7-12(10)17/h5-7,11,13,18H,8H2,1-4H3. The Morgan fingerprint density at radius 2 is 2.00 bits per heavy atom. The van der Waals surface area contributed by atoms with Gasteiger partial charge in [-0.15, -0.1) is 0 Å². The van der Waals surface area contributed by atoms with Crippen molar-refractivity contribution >= 4 is 27.5 Å². The molecule has 1 aromatic rings. The summed E-state index contributed by atoms with van der Waals surface area (Å²) in [6.45, 7) is 8.18. The van der Waals surface area contributed by atoms with E-state index in [-0.39, 0.29) is 17.1 Å². The summed E-state index contributed by atoms with van der Waals surface area (Å²) in [6, 6.07) is 5.59. The van der Waals surface area contributed by atoms with Crippen molar-refractivity contribution in [2.24, 2.45) is 5.92 Å². The zero-order chi connectivity index (χ0) is 14.4. The summed E-state index contributed by atoms with van der Waals surface area (Å²) in [5.74, 6) is 0.0289. The van der Waals surface area contributed by atoms with E-state index in [0.717, 1.165) is 16.5 Å². The molecular formula is C15H20BrClO2. The molecule has 0 aromatic heterocycles. The minimum Gasteiger partial charge on any atom is -0.388 e. The van der Waals surface area contributed by atoms with Crippen molar-refractivity contribution in [2.75, 3.05) is 0 Å². The molecule has 19 heavy (non-hydrogen) atoms. The number of aliphatic hydroxyl groups is 1. The molecule has 106 valence electrons. The van der Waals surface area contributed by atoms with Crippen molar-refractivity contribution in [3.05, 3.63) is 33.3 Å². The Balaban J connectivity index is 2.31. The third-order valence-electron chi connectivity index (χ3n) is 3.81. The lowest BCUT2D eigenvalue weighted by atomic mass is 9.80. The second-order valence-electron chi connectivity index (χ2n) is 6.39. The van der Waals surface area contributed by atoms with E-state index in [4.69, 9.17) is 16.3 Å². The molecule has 2 unspecified atom stereocenters. The molecule has 0 bridgehead atoms. The molecule has 0 radical (unpaired) electrons. The molecule has 1 N–H and O–H groups in total. The lowest BCUT2D eigenvalue weighted by Crippen LogP contribution is -2.32. The normalized spacial score (nSPS) is 26.4. The number of rotatable bonds is 2. The average molecular weight is 348 g/mol. The van der Waals surface area contributed by atoms with E-state index in [1.165, 1.54) is 0 Å². The van der Waals surface area contributed by atoms with Gasteiger partial charge in [0.1, 0.15) is 0 Å². The first-order valence-corrected chi connectivity index (χ1v) is 7.63. The summed E-state index contributed by atoms with van der Waals surface area (Å²) >= 11 is 9.61. The highest BCUT2D eigenvalue weighted by molar-refractivity contribution is 9.10. The topological polar surface area (TPSA) is 29.5 Å². The zero-order valence-corrected chi connectivity index (χ0v) is 14.0. The molecule has 1 heterocycles. The molecule has 2 nitrogen and oxygen atoms in total. The maximum atomic E-state index is 10.7. The largest absolute Gasteiger partial charge is 0.388 e. The second kappa shape index (κ2) is 5.03. The molecule has 2 atom stereocenters. The van der Waals surface area contributed by atoms with Crippen LogP contribution in [0.1, 0.15) is 45.8 Å². The van der Waals surface area contributed by atoms with Gasteiger partial charge >= 0.3 is 0 Å². The first-order valence-electron chi connectivity index (χ1n) is 6.45. The monoisotopic (exact) mass is 346 g/mol. The van der Waals surface area contributed by atoms with Crippen molar-refractivity contribution in [1.82, 2.24) is 0 Å². The number of hydrogen-bond acceptors (Lipinski definition) is 2. The highest BCUT2D eigenvalue weighted by atomic mass is 79.9. The number of aliphatic hydroxyl groups excluding tert-OH is 1. The minimum absolute atomic E-state index is 0.0289. The Labute approximate surface area is 128 Å². The molecule has 1 aliphatic rings. The van der Waals surface area contributed by atoms with Gasteiger partial charge in [-0.25, -0.2) is 0 Å². The highest BCUT2D eigenvalue weighted by Crippen LogP contribution is 2.48. The lowest BCUT2D eigenvalue weighted by Gasteiger charge is -2.30. The van der Waals surface area contributed by atoms with Gasteiger partial charge in [0.25, 0.3) is 0 Å². The Bertz CT molecular complexity index is 485. The van der Waals surface area contributed by atoms with E-state index in [2.05, 4.69) is 29.8 Å². The summed E-state index contributed by atoms with van der Waals surface area (Å²) in [4.78, 5) is 0. The average Bonchev–Trinajstić information content (AvgIpc) is 2.45. The quantitative estimate of drug-likeness (QED) is 0.838. The van der Waals surface area contributed by atoms with Crippen LogP contribution in [0.2, 0.25) is 5.02 Å². The van der Waals surface area contributed by atoms with Gasteiger partial charge in [-0.1, -0.05) is 33.6 Å². The van der Waals surface area contributed by atoms with Gasteiger partial charge in [0.2, 0.25) is 0 Å². The molecule has 0 saturated carbocycles. The van der Waals surface area contributed by atoms with Crippen molar-refractivity contribution in [1.29, 1.82) is 0 Å². The number of hydrogen-bond donors (Lipinski definition) is 1. The second-order valence-corrected chi connectivity index (χ2v) is 7.71. The third kappa shape index (κ3) is 3.15. The summed E-state index contributed by atoms with van der Waals surface area (Å²) < 4.78 is 6.96. The molecule has 0 amide bonds. The fourth-order valence-corrected chi connectivity index (χ4v) is 3.84. The lowest BCUT2D eigenvalue weighted by molar-refractivity contribution is -0.0880. The minimum atomic E-state index is -0.614. The smallest absolute Gasteiger partial charge is 0.0860 e. The van der Waals surface area contributed by atoms with Gasteiger partial charge in [-0.05, 0) is 51.8 Å². The maximum absolute atomic E-state index is 10.7. The predicted molar refractivity (Wildman–Crippen MR) is 81.5 cm³/mol. The van der Waals surface area contributed by atoms with Crippen LogP contribution in [0.4, 0.5) is 0 Å². The van der Waals surface area contributed by atoms with E-state index in [1.54, 1.807) is 0 Å². The van der Waals surface area contributed by atoms with Crippen LogP contribution in [-0.2, 0) is 4.74 Å². The van der Waals surface area contributed by atoms with Gasteiger partial charge < -0.3 is 9.84 Å². The summed E-state index contributed by atoms with van der Waals surface area (Å²) in [5.41, 5.74) is 0.195. The van der Waals surface area contributed by atoms with E-state index >= 15 is 0 Å². The van der Waals surface area contributed by atoms with Crippen LogP contribution in [0, 0.1) is 5.92 Å². The van der Waals surface area contributed by atoms with Crippen LogP contribution >= 0.6 is 27.5 Å². The van der Waals surface area contributed by atoms with Crippen molar-refractivity contribution in [3.63, 3.8) is 0 Å². The van der Waals surface area contributed by atoms with Crippen LogP contribution < -0.4 is 0 Å². The number of benzene rings is 1. The van der Waals surface area contributed by atoms with Crippen LogP contribution in [-0.4, -0.2) is 16.3 Å². The van der Waals surface area contributed by atoms with Gasteiger partial charge in [-0.3, -0.25) is 0 Å². The predicted octanol–water partition coefficient (Wildman–Crippen LogP) is 4.73. The summed E-state index contributed by atoms with van der Waals surface area (Å²) in [5, 5.41) is 11.3. The Kier molecular flexibility index (Phi) is 4.05. The van der Waals surface area contributed by atoms with Gasteiger partial charge in [0.15, 0.2) is 0 Å². The highest BCUT2D eigenvalue weighted by Gasteiger charge is 2.49. The summed E-state index contributed by atoms with van der Waals surface area (Å²) in [6.07, 6.45) is 0.200. The number of halogens is 2. The Hall–Kier alpha value is -0.0900. The van der Waals surface area contributed by atoms with Crippen LogP contribution in [0.5, 0.6) is 0 Å². The molecule has 1 saturated heterocycles. The Morgan fingerprint density at radius 1 is 1.37 bits per heavy atom. The Morgan fingerprint density at radius 3 is 2.47 bits per heavy atom. The van der Waals surface area contributed by atoms with Gasteiger partial charge in [0.05, 0.1) is 17.3 Å². The van der Waals surface area contributed by atoms with Crippen molar-refractivity contribution in [2.45, 2.75) is 51.4 Å². The fraction of sp³-hybridized carbons (Fsp3) is 0.600. The van der Waals surface area contributed by atoms with Crippen LogP contribution in [0.15, 0.2) is 22.7 Å². The van der Waals surface area contributed by atoms with Crippen LogP contribution in [0.25, 0.3) is 0 Å². The molecule has 1 fully saturated rings. The zero-order valence-electron chi connectivity index (χ0n) is 11.7. The molecule has 2 rings (SSSR count). The molecular weight excluding hydrogens is 328 g/mol. The molecule has 1 aliphatic heterocycles. The van der Waals surface area contributed by atoms with Crippen LogP contribution in [0.3, 0.4) is 0 Å².